The summed E-state index contributed by atoms with van der Waals surface area (Å²) in [6.45, 7) is 8.52. The van der Waals surface area contributed by atoms with E-state index in [-0.39, 0.29) is 24.0 Å². The number of nitrogens with zero attached hydrogens (tertiary/aromatic N) is 3. The van der Waals surface area contributed by atoms with Crippen LogP contribution in [0.5, 0.6) is 0 Å². The van der Waals surface area contributed by atoms with Gasteiger partial charge in [0, 0.05) is 51.7 Å². The molecular weight excluding hydrogens is 453 g/mol. The number of halogens is 1. The van der Waals surface area contributed by atoms with Crippen LogP contribution >= 0.6 is 24.0 Å². The van der Waals surface area contributed by atoms with E-state index in [1.807, 2.05) is 0 Å². The fourth-order valence-corrected chi connectivity index (χ4v) is 3.59. The molecule has 0 spiro atoms. The van der Waals surface area contributed by atoms with Gasteiger partial charge in [-0.05, 0) is 19.3 Å². The maximum atomic E-state index is 12.3. The lowest BCUT2D eigenvalue weighted by atomic mass is 9.84. The van der Waals surface area contributed by atoms with E-state index in [9.17, 15) is 4.79 Å². The first-order chi connectivity index (χ1) is 12.7. The van der Waals surface area contributed by atoms with Crippen LogP contribution in [0, 0.1) is 5.92 Å². The smallest absolute Gasteiger partial charge is 0.225 e. The first kappa shape index (κ1) is 24.5. The molecule has 2 fully saturated rings. The maximum Gasteiger partial charge on any atom is 0.225 e. The average molecular weight is 493 g/mol. The number of aliphatic imine (C=N–C) groups is 1. The molecule has 0 bridgehead atoms. The standard InChI is InChI=1S/C20H39N5O.HI/c1-2-3-4-5-6-7-11-22-20(21)23-12-13-24-14-16-25(17-15-24)19(26)18-9-8-10-18;/h18H,2-17H2,1H3,(H3,21,22,23);1H. The van der Waals surface area contributed by atoms with Gasteiger partial charge in [0.25, 0.3) is 0 Å². The zero-order chi connectivity index (χ0) is 18.6. The Kier molecular flexibility index (Phi) is 13.1. The molecule has 0 atom stereocenters. The van der Waals surface area contributed by atoms with Crippen molar-refractivity contribution in [3.63, 3.8) is 0 Å². The van der Waals surface area contributed by atoms with Crippen LogP contribution in [0.3, 0.4) is 0 Å². The second kappa shape index (κ2) is 14.4. The molecule has 1 aliphatic heterocycles. The Morgan fingerprint density at radius 3 is 2.37 bits per heavy atom. The molecular formula is C20H40IN5O. The summed E-state index contributed by atoms with van der Waals surface area (Å²) in [6.07, 6.45) is 11.1. The van der Waals surface area contributed by atoms with E-state index in [1.165, 1.54) is 38.5 Å². The summed E-state index contributed by atoms with van der Waals surface area (Å²) in [7, 11) is 0. The Morgan fingerprint density at radius 1 is 1.07 bits per heavy atom. The Balaban J connectivity index is 0.00000364. The lowest BCUT2D eigenvalue weighted by Gasteiger charge is -2.38. The number of nitrogens with one attached hydrogen (secondary N) is 1. The number of piperazine rings is 1. The lowest BCUT2D eigenvalue weighted by molar-refractivity contribution is -0.139. The van der Waals surface area contributed by atoms with Crippen LogP contribution in [-0.4, -0.2) is 67.5 Å². The normalized spacial score (nSPS) is 18.7. The predicted octanol–water partition coefficient (Wildman–Crippen LogP) is 2.81. The lowest BCUT2D eigenvalue weighted by Crippen LogP contribution is -2.52. The number of guanidine groups is 1. The molecule has 0 unspecified atom stereocenters. The first-order valence-electron chi connectivity index (χ1n) is 10.8. The molecule has 27 heavy (non-hydrogen) atoms. The van der Waals surface area contributed by atoms with Crippen molar-refractivity contribution >= 4 is 35.8 Å². The second-order valence-electron chi connectivity index (χ2n) is 7.76. The molecule has 1 saturated carbocycles. The van der Waals surface area contributed by atoms with Crippen LogP contribution < -0.4 is 11.1 Å². The molecule has 0 aromatic rings. The van der Waals surface area contributed by atoms with Gasteiger partial charge in [-0.15, -0.1) is 24.0 Å². The highest BCUT2D eigenvalue weighted by Crippen LogP contribution is 2.28. The summed E-state index contributed by atoms with van der Waals surface area (Å²) < 4.78 is 0. The molecule has 1 amide bonds. The van der Waals surface area contributed by atoms with E-state index in [1.54, 1.807) is 0 Å². The monoisotopic (exact) mass is 493 g/mol. The highest BCUT2D eigenvalue weighted by Gasteiger charge is 2.30. The number of hydrogen-bond acceptors (Lipinski definition) is 3. The van der Waals surface area contributed by atoms with Crippen LogP contribution in [0.1, 0.15) is 64.7 Å². The van der Waals surface area contributed by atoms with Crippen molar-refractivity contribution in [3.05, 3.63) is 0 Å². The molecule has 0 aromatic carbocycles. The molecule has 1 aliphatic carbocycles. The summed E-state index contributed by atoms with van der Waals surface area (Å²) in [5, 5.41) is 3.22. The van der Waals surface area contributed by atoms with E-state index in [0.717, 1.165) is 65.1 Å². The number of carbonyl (C=O) groups is 1. The topological polar surface area (TPSA) is 74.0 Å². The van der Waals surface area contributed by atoms with Gasteiger partial charge >= 0.3 is 0 Å². The van der Waals surface area contributed by atoms with Gasteiger partial charge in [0.1, 0.15) is 0 Å². The minimum atomic E-state index is 0. The van der Waals surface area contributed by atoms with Crippen LogP contribution in [-0.2, 0) is 4.79 Å². The van der Waals surface area contributed by atoms with Crippen molar-refractivity contribution < 1.29 is 4.79 Å². The van der Waals surface area contributed by atoms with E-state index < -0.39 is 0 Å². The quantitative estimate of drug-likeness (QED) is 0.201. The van der Waals surface area contributed by atoms with Crippen LogP contribution in [0.2, 0.25) is 0 Å². The highest BCUT2D eigenvalue weighted by atomic mass is 127. The average Bonchev–Trinajstić information content (AvgIpc) is 2.60. The molecule has 0 radical (unpaired) electrons. The van der Waals surface area contributed by atoms with Crippen molar-refractivity contribution in [3.8, 4) is 0 Å². The minimum absolute atomic E-state index is 0. The predicted molar refractivity (Wildman–Crippen MR) is 124 cm³/mol. The summed E-state index contributed by atoms with van der Waals surface area (Å²) in [4.78, 5) is 21.1. The third kappa shape index (κ3) is 9.45. The molecule has 0 aromatic heterocycles. The number of rotatable bonds is 11. The molecule has 6 nitrogen and oxygen atoms in total. The number of nitrogens with two attached hydrogens (primary N) is 1. The summed E-state index contributed by atoms with van der Waals surface area (Å²) in [6, 6.07) is 0. The Bertz CT molecular complexity index is 434. The van der Waals surface area contributed by atoms with E-state index in [0.29, 0.717) is 17.8 Å². The fraction of sp³-hybridized carbons (Fsp3) is 0.900. The Morgan fingerprint density at radius 2 is 1.74 bits per heavy atom. The minimum Gasteiger partial charge on any atom is -0.370 e. The van der Waals surface area contributed by atoms with Gasteiger partial charge in [0.05, 0.1) is 0 Å². The van der Waals surface area contributed by atoms with Gasteiger partial charge in [0.2, 0.25) is 5.91 Å². The summed E-state index contributed by atoms with van der Waals surface area (Å²) in [5.74, 6) is 1.28. The van der Waals surface area contributed by atoms with Crippen LogP contribution in [0.25, 0.3) is 0 Å². The van der Waals surface area contributed by atoms with Crippen molar-refractivity contribution in [2.45, 2.75) is 64.7 Å². The van der Waals surface area contributed by atoms with E-state index in [4.69, 9.17) is 5.73 Å². The van der Waals surface area contributed by atoms with Crippen molar-refractivity contribution in [1.29, 1.82) is 0 Å². The summed E-state index contributed by atoms with van der Waals surface area (Å²) in [5.41, 5.74) is 5.94. The third-order valence-corrected chi connectivity index (χ3v) is 5.67. The van der Waals surface area contributed by atoms with Gasteiger partial charge in [-0.25, -0.2) is 0 Å². The summed E-state index contributed by atoms with van der Waals surface area (Å²) >= 11 is 0. The maximum absolute atomic E-state index is 12.3. The van der Waals surface area contributed by atoms with Crippen molar-refractivity contribution in [2.24, 2.45) is 16.6 Å². The highest BCUT2D eigenvalue weighted by molar-refractivity contribution is 14.0. The molecule has 1 saturated heterocycles. The van der Waals surface area contributed by atoms with Gasteiger partial charge < -0.3 is 16.0 Å². The SMILES string of the molecule is CCCCCCCCN=C(N)NCCN1CCN(C(=O)C2CCC2)CC1.I. The Labute approximate surface area is 182 Å². The number of amides is 1. The molecule has 7 heteroatoms. The van der Waals surface area contributed by atoms with Crippen LogP contribution in [0.15, 0.2) is 4.99 Å². The largest absolute Gasteiger partial charge is 0.370 e. The zero-order valence-electron chi connectivity index (χ0n) is 17.1. The van der Waals surface area contributed by atoms with Gasteiger partial charge in [-0.3, -0.25) is 14.7 Å². The molecule has 3 N–H and O–H groups in total. The molecule has 2 aliphatic rings. The molecule has 1 heterocycles. The number of hydrogen-bond donors (Lipinski definition) is 2. The fourth-order valence-electron chi connectivity index (χ4n) is 3.59. The first-order valence-corrected chi connectivity index (χ1v) is 10.8. The number of carbonyl (C=O) groups excluding carboxylic acids is 1. The second-order valence-corrected chi connectivity index (χ2v) is 7.76. The molecule has 2 rings (SSSR count). The third-order valence-electron chi connectivity index (χ3n) is 5.67. The van der Waals surface area contributed by atoms with Gasteiger partial charge in [0.15, 0.2) is 5.96 Å². The Hall–Kier alpha value is -0.570. The number of unbranched alkanes of at least 4 members (excludes halogenated alkanes) is 5. The van der Waals surface area contributed by atoms with Gasteiger partial charge in [-0.2, -0.15) is 0 Å². The van der Waals surface area contributed by atoms with Crippen molar-refractivity contribution in [1.82, 2.24) is 15.1 Å². The van der Waals surface area contributed by atoms with E-state index >= 15 is 0 Å². The van der Waals surface area contributed by atoms with E-state index in [2.05, 4.69) is 27.0 Å². The zero-order valence-corrected chi connectivity index (χ0v) is 19.5. The van der Waals surface area contributed by atoms with Crippen molar-refractivity contribution in [2.75, 3.05) is 45.8 Å². The van der Waals surface area contributed by atoms with Gasteiger partial charge in [-0.1, -0.05) is 45.4 Å². The molecule has 158 valence electrons. The van der Waals surface area contributed by atoms with Crippen LogP contribution in [0.4, 0.5) is 0 Å².